The Morgan fingerprint density at radius 2 is 2.31 bits per heavy atom. The highest BCUT2D eigenvalue weighted by Crippen LogP contribution is 2.10. The number of hydrogen-bond acceptors (Lipinski definition) is 4. The maximum absolute atomic E-state index is 3.92. The minimum atomic E-state index is 0.816. The Morgan fingerprint density at radius 1 is 1.31 bits per heavy atom. The minimum Gasteiger partial charge on any atom is -0.364 e. The van der Waals surface area contributed by atoms with E-state index < -0.39 is 0 Å². The van der Waals surface area contributed by atoms with Crippen LogP contribution in [0, 0.1) is 0 Å². The zero-order valence-corrected chi connectivity index (χ0v) is 7.79. The van der Waals surface area contributed by atoms with Crippen molar-refractivity contribution in [3.8, 4) is 0 Å². The van der Waals surface area contributed by atoms with Crippen molar-refractivity contribution in [2.45, 2.75) is 6.54 Å². The molecule has 0 spiro atoms. The van der Waals surface area contributed by atoms with Crippen LogP contribution in [0.25, 0.3) is 0 Å². The van der Waals surface area contributed by atoms with Gasteiger partial charge in [0.25, 0.3) is 0 Å². The van der Waals surface area contributed by atoms with Gasteiger partial charge in [0.15, 0.2) is 0 Å². The smallest absolute Gasteiger partial charge is 0.148 e. The van der Waals surface area contributed by atoms with Crippen molar-refractivity contribution in [1.82, 2.24) is 10.2 Å². The van der Waals surface area contributed by atoms with E-state index in [1.807, 2.05) is 18.2 Å². The number of anilines is 1. The molecule has 0 unspecified atom stereocenters. The van der Waals surface area contributed by atoms with Gasteiger partial charge in [-0.1, -0.05) is 6.07 Å². The molecule has 2 heterocycles. The van der Waals surface area contributed by atoms with Crippen LogP contribution in [0.15, 0.2) is 35.8 Å². The summed E-state index contributed by atoms with van der Waals surface area (Å²) in [5.41, 5.74) is 0. The Labute approximate surface area is 80.5 Å². The fourth-order valence-corrected chi connectivity index (χ4v) is 1.63. The van der Waals surface area contributed by atoms with E-state index in [2.05, 4.69) is 27.0 Å². The highest BCUT2D eigenvalue weighted by atomic mass is 32.1. The van der Waals surface area contributed by atoms with E-state index in [9.17, 15) is 0 Å². The van der Waals surface area contributed by atoms with E-state index in [-0.39, 0.29) is 0 Å². The molecule has 1 N–H and O–H groups in total. The average molecular weight is 191 g/mol. The summed E-state index contributed by atoms with van der Waals surface area (Å²) in [5.74, 6) is 0.816. The Balaban J connectivity index is 1.94. The second kappa shape index (κ2) is 4.00. The van der Waals surface area contributed by atoms with Crippen LogP contribution in [0.3, 0.4) is 0 Å². The fourth-order valence-electron chi connectivity index (χ4n) is 0.987. The molecular weight excluding hydrogens is 182 g/mol. The molecule has 2 aromatic heterocycles. The molecule has 0 bridgehead atoms. The van der Waals surface area contributed by atoms with Gasteiger partial charge in [0.2, 0.25) is 0 Å². The number of thiophene rings is 1. The molecule has 0 fully saturated rings. The monoisotopic (exact) mass is 191 g/mol. The van der Waals surface area contributed by atoms with Crippen LogP contribution >= 0.6 is 11.3 Å². The standard InChI is InChI=1S/C9H9N3S/c1-4-9(12-11-5-1)10-7-8-3-2-6-13-8/h1-6H,7H2,(H,10,12). The van der Waals surface area contributed by atoms with Crippen LogP contribution in [0.1, 0.15) is 4.88 Å². The van der Waals surface area contributed by atoms with E-state index >= 15 is 0 Å². The molecule has 0 amide bonds. The van der Waals surface area contributed by atoms with Crippen molar-refractivity contribution < 1.29 is 0 Å². The van der Waals surface area contributed by atoms with Crippen molar-refractivity contribution in [3.05, 3.63) is 40.7 Å². The van der Waals surface area contributed by atoms with Gasteiger partial charge in [-0.2, -0.15) is 5.10 Å². The molecule has 0 saturated carbocycles. The minimum absolute atomic E-state index is 0.816. The molecule has 3 nitrogen and oxygen atoms in total. The van der Waals surface area contributed by atoms with E-state index in [1.165, 1.54) is 4.88 Å². The van der Waals surface area contributed by atoms with Gasteiger partial charge in [0, 0.05) is 11.1 Å². The Kier molecular flexibility index (Phi) is 2.52. The number of aromatic nitrogens is 2. The summed E-state index contributed by atoms with van der Waals surface area (Å²) in [6.45, 7) is 0.816. The van der Waals surface area contributed by atoms with Crippen LogP contribution in [-0.2, 0) is 6.54 Å². The number of nitrogens with zero attached hydrogens (tertiary/aromatic N) is 2. The Hall–Kier alpha value is -1.42. The zero-order valence-electron chi connectivity index (χ0n) is 6.97. The van der Waals surface area contributed by atoms with Crippen molar-refractivity contribution >= 4 is 17.2 Å². The summed E-state index contributed by atoms with van der Waals surface area (Å²) in [7, 11) is 0. The lowest BCUT2D eigenvalue weighted by molar-refractivity contribution is 1.01. The molecule has 0 saturated heterocycles. The molecule has 0 atom stereocenters. The largest absolute Gasteiger partial charge is 0.364 e. The first-order valence-corrected chi connectivity index (χ1v) is 4.87. The van der Waals surface area contributed by atoms with Gasteiger partial charge >= 0.3 is 0 Å². The number of nitrogens with one attached hydrogen (secondary N) is 1. The van der Waals surface area contributed by atoms with Crippen LogP contribution in [0.4, 0.5) is 5.82 Å². The first kappa shape index (κ1) is 8.19. The first-order chi connectivity index (χ1) is 6.45. The molecule has 4 heteroatoms. The molecule has 0 aromatic carbocycles. The highest BCUT2D eigenvalue weighted by Gasteiger charge is 1.94. The zero-order chi connectivity index (χ0) is 8.93. The van der Waals surface area contributed by atoms with Gasteiger partial charge in [-0.3, -0.25) is 0 Å². The van der Waals surface area contributed by atoms with Gasteiger partial charge in [0.1, 0.15) is 5.82 Å². The molecular formula is C9H9N3S. The third-order valence-electron chi connectivity index (χ3n) is 1.60. The van der Waals surface area contributed by atoms with Gasteiger partial charge in [-0.05, 0) is 23.6 Å². The number of rotatable bonds is 3. The van der Waals surface area contributed by atoms with E-state index in [0.717, 1.165) is 12.4 Å². The van der Waals surface area contributed by atoms with E-state index in [0.29, 0.717) is 0 Å². The molecule has 0 aliphatic heterocycles. The summed E-state index contributed by atoms with van der Waals surface area (Å²) in [6.07, 6.45) is 1.66. The molecule has 2 aromatic rings. The third kappa shape index (κ3) is 2.26. The quantitative estimate of drug-likeness (QED) is 0.807. The first-order valence-electron chi connectivity index (χ1n) is 3.99. The lowest BCUT2D eigenvalue weighted by Gasteiger charge is -2.00. The summed E-state index contributed by atoms with van der Waals surface area (Å²) in [6, 6.07) is 7.90. The normalized spacial score (nSPS) is 9.85. The van der Waals surface area contributed by atoms with Crippen LogP contribution < -0.4 is 5.32 Å². The molecule has 0 radical (unpaired) electrons. The highest BCUT2D eigenvalue weighted by molar-refractivity contribution is 7.09. The Morgan fingerprint density at radius 3 is 3.00 bits per heavy atom. The van der Waals surface area contributed by atoms with E-state index in [1.54, 1.807) is 17.5 Å². The second-order valence-electron chi connectivity index (χ2n) is 2.54. The summed E-state index contributed by atoms with van der Waals surface area (Å²) >= 11 is 1.73. The number of hydrogen-bond donors (Lipinski definition) is 1. The Bertz CT molecular complexity index is 344. The van der Waals surface area contributed by atoms with Gasteiger partial charge in [-0.25, -0.2) is 0 Å². The predicted molar refractivity (Wildman–Crippen MR) is 53.7 cm³/mol. The van der Waals surface area contributed by atoms with E-state index in [4.69, 9.17) is 0 Å². The van der Waals surface area contributed by atoms with Crippen LogP contribution in [-0.4, -0.2) is 10.2 Å². The fraction of sp³-hybridized carbons (Fsp3) is 0.111. The average Bonchev–Trinajstić information content (AvgIpc) is 2.69. The second-order valence-corrected chi connectivity index (χ2v) is 3.57. The van der Waals surface area contributed by atoms with Gasteiger partial charge < -0.3 is 5.32 Å². The van der Waals surface area contributed by atoms with Gasteiger partial charge in [-0.15, -0.1) is 16.4 Å². The molecule has 0 aliphatic rings. The lowest BCUT2D eigenvalue weighted by atomic mass is 10.4. The van der Waals surface area contributed by atoms with Crippen molar-refractivity contribution in [3.63, 3.8) is 0 Å². The summed E-state index contributed by atoms with van der Waals surface area (Å²) in [5, 5.41) is 12.9. The van der Waals surface area contributed by atoms with Crippen LogP contribution in [0.2, 0.25) is 0 Å². The van der Waals surface area contributed by atoms with Crippen molar-refractivity contribution in [1.29, 1.82) is 0 Å². The van der Waals surface area contributed by atoms with Crippen molar-refractivity contribution in [2.75, 3.05) is 5.32 Å². The maximum atomic E-state index is 3.92. The van der Waals surface area contributed by atoms with Gasteiger partial charge in [0.05, 0.1) is 6.54 Å². The predicted octanol–water partition coefficient (Wildman–Crippen LogP) is 2.15. The SMILES string of the molecule is c1cnnc(NCc2cccs2)c1. The van der Waals surface area contributed by atoms with Crippen molar-refractivity contribution in [2.24, 2.45) is 0 Å². The molecule has 13 heavy (non-hydrogen) atoms. The molecule has 66 valence electrons. The summed E-state index contributed by atoms with van der Waals surface area (Å²) in [4.78, 5) is 1.30. The molecule has 0 aliphatic carbocycles. The molecule has 2 rings (SSSR count). The van der Waals surface area contributed by atoms with Crippen LogP contribution in [0.5, 0.6) is 0 Å². The third-order valence-corrected chi connectivity index (χ3v) is 2.47. The topological polar surface area (TPSA) is 37.8 Å². The summed E-state index contributed by atoms with van der Waals surface area (Å²) < 4.78 is 0. The lowest BCUT2D eigenvalue weighted by Crippen LogP contribution is -1.99. The maximum Gasteiger partial charge on any atom is 0.148 e.